The van der Waals surface area contributed by atoms with Crippen molar-refractivity contribution in [1.82, 2.24) is 0 Å². The van der Waals surface area contributed by atoms with Gasteiger partial charge in [0.1, 0.15) is 17.3 Å². The van der Waals surface area contributed by atoms with Gasteiger partial charge in [-0.3, -0.25) is 0 Å². The van der Waals surface area contributed by atoms with Crippen molar-refractivity contribution >= 4 is 17.8 Å². The first-order valence-corrected chi connectivity index (χ1v) is 7.72. The molecule has 1 heterocycles. The number of carbonyl (C=O) groups is 1. The fraction of sp³-hybridized carbons (Fsp3) is 0.150. The monoisotopic (exact) mass is 322 g/mol. The second-order valence-corrected chi connectivity index (χ2v) is 5.23. The van der Waals surface area contributed by atoms with Gasteiger partial charge in [0.25, 0.3) is 0 Å². The van der Waals surface area contributed by atoms with E-state index in [0.29, 0.717) is 17.9 Å². The van der Waals surface area contributed by atoms with E-state index in [-0.39, 0.29) is 5.97 Å². The van der Waals surface area contributed by atoms with Crippen LogP contribution < -0.4 is 9.47 Å². The smallest absolute Gasteiger partial charge is 0.343 e. The molecule has 0 radical (unpaired) electrons. The van der Waals surface area contributed by atoms with E-state index < -0.39 is 0 Å². The molecule has 0 saturated heterocycles. The average molecular weight is 322 g/mol. The Morgan fingerprint density at radius 2 is 1.67 bits per heavy atom. The molecule has 122 valence electrons. The summed E-state index contributed by atoms with van der Waals surface area (Å²) in [7, 11) is 1.61. The summed E-state index contributed by atoms with van der Waals surface area (Å²) >= 11 is 0. The maximum atomic E-state index is 12.1. The first-order chi connectivity index (χ1) is 11.7. The van der Waals surface area contributed by atoms with Crippen molar-refractivity contribution in [3.8, 4) is 11.5 Å². The molecule has 1 aliphatic heterocycles. The molecule has 0 unspecified atom stereocenters. The summed E-state index contributed by atoms with van der Waals surface area (Å²) in [5.41, 5.74) is 2.27. The van der Waals surface area contributed by atoms with Crippen LogP contribution in [0.3, 0.4) is 0 Å². The molecule has 24 heavy (non-hydrogen) atoms. The molecule has 0 aliphatic carbocycles. The van der Waals surface area contributed by atoms with E-state index in [1.165, 1.54) is 0 Å². The highest BCUT2D eigenvalue weighted by atomic mass is 16.5. The summed E-state index contributed by atoms with van der Waals surface area (Å²) in [6.07, 6.45) is 3.55. The molecule has 4 heteroatoms. The first-order valence-electron chi connectivity index (χ1n) is 7.72. The Kier molecular flexibility index (Phi) is 4.66. The average Bonchev–Trinajstić information content (AvgIpc) is 2.98. The summed E-state index contributed by atoms with van der Waals surface area (Å²) in [5, 5.41) is 0. The van der Waals surface area contributed by atoms with Crippen LogP contribution >= 0.6 is 0 Å². The molecule has 0 aromatic heterocycles. The van der Waals surface area contributed by atoms with Gasteiger partial charge in [-0.2, -0.15) is 0 Å². The van der Waals surface area contributed by atoms with Gasteiger partial charge in [0.2, 0.25) is 0 Å². The molecule has 0 N–H and O–H groups in total. The van der Waals surface area contributed by atoms with Gasteiger partial charge in [0.15, 0.2) is 0 Å². The van der Waals surface area contributed by atoms with Crippen LogP contribution in [-0.4, -0.2) is 19.7 Å². The Labute approximate surface area is 141 Å². The quantitative estimate of drug-likeness (QED) is 0.615. The Morgan fingerprint density at radius 1 is 1.00 bits per heavy atom. The van der Waals surface area contributed by atoms with Crippen molar-refractivity contribution in [2.24, 2.45) is 0 Å². The molecule has 0 bridgehead atoms. The van der Waals surface area contributed by atoms with E-state index in [1.807, 2.05) is 55.5 Å². The second-order valence-electron chi connectivity index (χ2n) is 5.23. The van der Waals surface area contributed by atoms with Crippen molar-refractivity contribution in [1.29, 1.82) is 0 Å². The van der Waals surface area contributed by atoms with Crippen molar-refractivity contribution in [2.45, 2.75) is 6.92 Å². The molecule has 1 aliphatic rings. The Morgan fingerprint density at radius 3 is 2.29 bits per heavy atom. The zero-order valence-corrected chi connectivity index (χ0v) is 13.6. The zero-order valence-electron chi connectivity index (χ0n) is 13.6. The minimum atomic E-state index is -0.352. The van der Waals surface area contributed by atoms with Crippen molar-refractivity contribution in [2.75, 3.05) is 13.7 Å². The third kappa shape index (κ3) is 3.49. The predicted octanol–water partition coefficient (Wildman–Crippen LogP) is 4.08. The van der Waals surface area contributed by atoms with Gasteiger partial charge in [0, 0.05) is 5.56 Å². The Bertz CT molecular complexity index is 783. The van der Waals surface area contributed by atoms with E-state index in [0.717, 1.165) is 22.6 Å². The van der Waals surface area contributed by atoms with Crippen molar-refractivity contribution in [3.05, 3.63) is 71.3 Å². The van der Waals surface area contributed by atoms with Crippen LogP contribution in [0.15, 0.2) is 60.2 Å². The van der Waals surface area contributed by atoms with Gasteiger partial charge in [-0.1, -0.05) is 12.1 Å². The number of methoxy groups -OCH3 is 1. The summed E-state index contributed by atoms with van der Waals surface area (Å²) < 4.78 is 15.9. The number of esters is 1. The number of hydrogen-bond acceptors (Lipinski definition) is 4. The van der Waals surface area contributed by atoms with Crippen LogP contribution in [0, 0.1) is 0 Å². The summed E-state index contributed by atoms with van der Waals surface area (Å²) in [4.78, 5) is 12.1. The molecule has 0 spiro atoms. The van der Waals surface area contributed by atoms with E-state index >= 15 is 0 Å². The van der Waals surface area contributed by atoms with Crippen molar-refractivity contribution in [3.63, 3.8) is 0 Å². The SMILES string of the molecule is CCOc1ccc(/C=C2/C=C(c3ccc(OC)cc3)OC2=O)cc1. The second kappa shape index (κ2) is 7.04. The third-order valence-electron chi connectivity index (χ3n) is 3.61. The highest BCUT2D eigenvalue weighted by Crippen LogP contribution is 2.28. The highest BCUT2D eigenvalue weighted by molar-refractivity contribution is 6.05. The molecule has 0 fully saturated rings. The molecule has 4 nitrogen and oxygen atoms in total. The zero-order chi connectivity index (χ0) is 16.9. The van der Waals surface area contributed by atoms with Crippen LogP contribution in [0.1, 0.15) is 18.1 Å². The number of rotatable bonds is 5. The standard InChI is InChI=1S/C20H18O4/c1-3-23-18-8-4-14(5-9-18)12-16-13-19(24-20(16)21)15-6-10-17(22-2)11-7-15/h4-13H,3H2,1-2H3/b16-12-. The molecule has 0 saturated carbocycles. The van der Waals surface area contributed by atoms with Crippen LogP contribution in [-0.2, 0) is 9.53 Å². The molecule has 2 aromatic carbocycles. The van der Waals surface area contributed by atoms with Gasteiger partial charge in [0.05, 0.1) is 19.3 Å². The van der Waals surface area contributed by atoms with Gasteiger partial charge in [-0.05, 0) is 61.0 Å². The lowest BCUT2D eigenvalue weighted by molar-refractivity contribution is -0.130. The number of benzene rings is 2. The summed E-state index contributed by atoms with van der Waals surface area (Å²) in [5.74, 6) is 1.76. The minimum absolute atomic E-state index is 0.352. The number of ether oxygens (including phenoxy) is 3. The Balaban J connectivity index is 1.82. The highest BCUT2D eigenvalue weighted by Gasteiger charge is 2.21. The topological polar surface area (TPSA) is 44.8 Å². The lowest BCUT2D eigenvalue weighted by atomic mass is 10.1. The fourth-order valence-electron chi connectivity index (χ4n) is 2.39. The fourth-order valence-corrected chi connectivity index (χ4v) is 2.39. The van der Waals surface area contributed by atoms with Gasteiger partial charge >= 0.3 is 5.97 Å². The van der Waals surface area contributed by atoms with Crippen LogP contribution in [0.5, 0.6) is 11.5 Å². The normalized spacial score (nSPS) is 15.2. The van der Waals surface area contributed by atoms with E-state index in [1.54, 1.807) is 19.3 Å². The first kappa shape index (κ1) is 15.9. The van der Waals surface area contributed by atoms with E-state index in [9.17, 15) is 4.79 Å². The molecule has 0 atom stereocenters. The number of carbonyl (C=O) groups excluding carboxylic acids is 1. The van der Waals surface area contributed by atoms with Crippen LogP contribution in [0.4, 0.5) is 0 Å². The van der Waals surface area contributed by atoms with E-state index in [4.69, 9.17) is 14.2 Å². The van der Waals surface area contributed by atoms with E-state index in [2.05, 4.69) is 0 Å². The minimum Gasteiger partial charge on any atom is -0.497 e. The number of hydrogen-bond donors (Lipinski definition) is 0. The predicted molar refractivity (Wildman–Crippen MR) is 92.7 cm³/mol. The molecular formula is C20H18O4. The summed E-state index contributed by atoms with van der Waals surface area (Å²) in [6, 6.07) is 15.0. The largest absolute Gasteiger partial charge is 0.497 e. The van der Waals surface area contributed by atoms with Crippen LogP contribution in [0.2, 0.25) is 0 Å². The maximum Gasteiger partial charge on any atom is 0.343 e. The lowest BCUT2D eigenvalue weighted by Gasteiger charge is -2.03. The van der Waals surface area contributed by atoms with Crippen LogP contribution in [0.25, 0.3) is 11.8 Å². The summed E-state index contributed by atoms with van der Waals surface area (Å²) in [6.45, 7) is 2.57. The third-order valence-corrected chi connectivity index (χ3v) is 3.61. The van der Waals surface area contributed by atoms with Crippen molar-refractivity contribution < 1.29 is 19.0 Å². The molecule has 3 rings (SSSR count). The Hall–Kier alpha value is -3.01. The molecular weight excluding hydrogens is 304 g/mol. The molecule has 2 aromatic rings. The van der Waals surface area contributed by atoms with Gasteiger partial charge < -0.3 is 14.2 Å². The van der Waals surface area contributed by atoms with Gasteiger partial charge in [-0.25, -0.2) is 4.79 Å². The lowest BCUT2D eigenvalue weighted by Crippen LogP contribution is -1.97. The maximum absolute atomic E-state index is 12.1. The van der Waals surface area contributed by atoms with Gasteiger partial charge in [-0.15, -0.1) is 0 Å². The molecule has 0 amide bonds. The number of cyclic esters (lactones) is 1.